The molecule has 4 heteroatoms. The number of benzene rings is 1. The van der Waals surface area contributed by atoms with E-state index < -0.39 is 0 Å². The van der Waals surface area contributed by atoms with E-state index in [0.717, 1.165) is 23.0 Å². The summed E-state index contributed by atoms with van der Waals surface area (Å²) in [6, 6.07) is 10.9. The molecule has 1 aromatic heterocycles. The molecule has 1 unspecified atom stereocenters. The topological polar surface area (TPSA) is 37.8 Å². The van der Waals surface area contributed by atoms with Gasteiger partial charge in [0.2, 0.25) is 5.13 Å². The second-order valence-electron chi connectivity index (χ2n) is 5.09. The van der Waals surface area contributed by atoms with Crippen LogP contribution in [-0.2, 0) is 6.42 Å². The Kier molecular flexibility index (Phi) is 4.91. The normalized spacial score (nSPS) is 12.6. The average molecular weight is 275 g/mol. The van der Waals surface area contributed by atoms with Gasteiger partial charge in [-0.15, -0.1) is 10.2 Å². The molecule has 0 bridgehead atoms. The van der Waals surface area contributed by atoms with Gasteiger partial charge in [0.05, 0.1) is 6.04 Å². The highest BCUT2D eigenvalue weighted by atomic mass is 32.1. The highest BCUT2D eigenvalue weighted by molar-refractivity contribution is 7.15. The molecule has 0 fully saturated rings. The van der Waals surface area contributed by atoms with Gasteiger partial charge in [-0.05, 0) is 24.3 Å². The molecule has 0 spiro atoms. The zero-order valence-corrected chi connectivity index (χ0v) is 12.6. The third kappa shape index (κ3) is 4.03. The van der Waals surface area contributed by atoms with E-state index >= 15 is 0 Å². The number of aryl methyl sites for hydroxylation is 1. The molecule has 1 aromatic carbocycles. The molecule has 2 rings (SSSR count). The predicted octanol–water partition coefficient (Wildman–Crippen LogP) is 4.30. The molecule has 0 saturated carbocycles. The number of nitrogens with one attached hydrogen (secondary N) is 1. The Morgan fingerprint density at radius 2 is 1.89 bits per heavy atom. The Bertz CT molecular complexity index is 493. The van der Waals surface area contributed by atoms with Crippen molar-refractivity contribution < 1.29 is 0 Å². The van der Waals surface area contributed by atoms with Crippen LogP contribution >= 0.6 is 11.3 Å². The van der Waals surface area contributed by atoms with E-state index in [4.69, 9.17) is 0 Å². The van der Waals surface area contributed by atoms with Crippen LogP contribution in [0.1, 0.15) is 43.8 Å². The molecule has 3 nitrogen and oxygen atoms in total. The zero-order chi connectivity index (χ0) is 13.7. The van der Waals surface area contributed by atoms with Gasteiger partial charge in [-0.1, -0.05) is 62.4 Å². The maximum atomic E-state index is 4.22. The van der Waals surface area contributed by atoms with Crippen LogP contribution in [0.25, 0.3) is 0 Å². The number of aromatic nitrogens is 2. The molecule has 0 aliphatic carbocycles. The lowest BCUT2D eigenvalue weighted by Gasteiger charge is -2.20. The monoisotopic (exact) mass is 275 g/mol. The molecule has 0 saturated heterocycles. The summed E-state index contributed by atoms with van der Waals surface area (Å²) < 4.78 is 0. The van der Waals surface area contributed by atoms with Crippen molar-refractivity contribution in [2.45, 2.75) is 39.7 Å². The van der Waals surface area contributed by atoms with Crippen LogP contribution in [-0.4, -0.2) is 10.2 Å². The minimum absolute atomic E-state index is 0.304. The van der Waals surface area contributed by atoms with Gasteiger partial charge in [-0.3, -0.25) is 0 Å². The third-order valence-electron chi connectivity index (χ3n) is 2.98. The van der Waals surface area contributed by atoms with E-state index in [0.29, 0.717) is 12.0 Å². The van der Waals surface area contributed by atoms with E-state index in [1.54, 1.807) is 11.3 Å². The van der Waals surface area contributed by atoms with E-state index in [1.807, 2.05) is 0 Å². The van der Waals surface area contributed by atoms with Gasteiger partial charge in [0.15, 0.2) is 0 Å². The van der Waals surface area contributed by atoms with Crippen LogP contribution in [0.5, 0.6) is 0 Å². The molecular formula is C15H21N3S. The van der Waals surface area contributed by atoms with Crippen LogP contribution in [0.3, 0.4) is 0 Å². The number of hydrogen-bond acceptors (Lipinski definition) is 4. The van der Waals surface area contributed by atoms with Crippen molar-refractivity contribution in [2.75, 3.05) is 5.32 Å². The summed E-state index contributed by atoms with van der Waals surface area (Å²) in [6.07, 6.45) is 2.03. The van der Waals surface area contributed by atoms with Crippen LogP contribution in [0.4, 0.5) is 5.13 Å². The standard InChI is InChI=1S/C15H21N3S/c1-4-14-17-18-15(19-14)16-13(10-11(2)3)12-8-6-5-7-9-12/h5-9,11,13H,4,10H2,1-3H3,(H,16,18). The molecule has 0 radical (unpaired) electrons. The lowest BCUT2D eigenvalue weighted by molar-refractivity contribution is 0.530. The Morgan fingerprint density at radius 1 is 1.16 bits per heavy atom. The molecule has 0 aliphatic heterocycles. The first-order valence-electron chi connectivity index (χ1n) is 6.83. The molecule has 102 valence electrons. The Hall–Kier alpha value is -1.42. The van der Waals surface area contributed by atoms with Crippen molar-refractivity contribution in [2.24, 2.45) is 5.92 Å². The highest BCUT2D eigenvalue weighted by Gasteiger charge is 2.15. The van der Waals surface area contributed by atoms with E-state index in [1.165, 1.54) is 5.56 Å². The second kappa shape index (κ2) is 6.66. The first kappa shape index (κ1) is 14.0. The van der Waals surface area contributed by atoms with Gasteiger partial charge < -0.3 is 5.32 Å². The number of anilines is 1. The molecule has 1 heterocycles. The van der Waals surface area contributed by atoms with Crippen molar-refractivity contribution >= 4 is 16.5 Å². The maximum Gasteiger partial charge on any atom is 0.206 e. The first-order valence-corrected chi connectivity index (χ1v) is 7.64. The number of hydrogen-bond donors (Lipinski definition) is 1. The van der Waals surface area contributed by atoms with Crippen molar-refractivity contribution in [1.29, 1.82) is 0 Å². The minimum Gasteiger partial charge on any atom is -0.353 e. The molecule has 0 amide bonds. The number of nitrogens with zero attached hydrogens (tertiary/aromatic N) is 2. The van der Waals surface area contributed by atoms with Gasteiger partial charge in [-0.2, -0.15) is 0 Å². The summed E-state index contributed by atoms with van der Waals surface area (Å²) >= 11 is 1.65. The summed E-state index contributed by atoms with van der Waals surface area (Å²) in [5, 5.41) is 13.9. The smallest absolute Gasteiger partial charge is 0.206 e. The summed E-state index contributed by atoms with van der Waals surface area (Å²) in [6.45, 7) is 6.59. The highest BCUT2D eigenvalue weighted by Crippen LogP contribution is 2.27. The van der Waals surface area contributed by atoms with Crippen LogP contribution in [0.2, 0.25) is 0 Å². The second-order valence-corrected chi connectivity index (χ2v) is 6.15. The van der Waals surface area contributed by atoms with Crippen molar-refractivity contribution in [3.63, 3.8) is 0 Å². The fourth-order valence-corrected chi connectivity index (χ4v) is 2.77. The third-order valence-corrected chi connectivity index (χ3v) is 3.97. The van der Waals surface area contributed by atoms with Crippen LogP contribution in [0, 0.1) is 5.92 Å². The molecule has 19 heavy (non-hydrogen) atoms. The largest absolute Gasteiger partial charge is 0.353 e. The number of rotatable bonds is 6. The van der Waals surface area contributed by atoms with Crippen molar-refractivity contribution in [3.05, 3.63) is 40.9 Å². The van der Waals surface area contributed by atoms with Crippen LogP contribution < -0.4 is 5.32 Å². The van der Waals surface area contributed by atoms with Gasteiger partial charge in [0.1, 0.15) is 5.01 Å². The summed E-state index contributed by atoms with van der Waals surface area (Å²) in [7, 11) is 0. The summed E-state index contributed by atoms with van der Waals surface area (Å²) in [4.78, 5) is 0. The fourth-order valence-electron chi connectivity index (χ4n) is 2.04. The SMILES string of the molecule is CCc1nnc(NC(CC(C)C)c2ccccc2)s1. The lowest BCUT2D eigenvalue weighted by atomic mass is 9.97. The van der Waals surface area contributed by atoms with Crippen molar-refractivity contribution in [3.8, 4) is 0 Å². The average Bonchev–Trinajstić information content (AvgIpc) is 2.86. The van der Waals surface area contributed by atoms with Gasteiger partial charge in [0, 0.05) is 0 Å². The molecule has 0 aliphatic rings. The minimum atomic E-state index is 0.304. The van der Waals surface area contributed by atoms with E-state index in [2.05, 4.69) is 66.6 Å². The van der Waals surface area contributed by atoms with Gasteiger partial charge >= 0.3 is 0 Å². The maximum absolute atomic E-state index is 4.22. The quantitative estimate of drug-likeness (QED) is 0.854. The van der Waals surface area contributed by atoms with Gasteiger partial charge in [0.25, 0.3) is 0 Å². The molecule has 1 N–H and O–H groups in total. The van der Waals surface area contributed by atoms with E-state index in [9.17, 15) is 0 Å². The van der Waals surface area contributed by atoms with Crippen LogP contribution in [0.15, 0.2) is 30.3 Å². The lowest BCUT2D eigenvalue weighted by Crippen LogP contribution is -2.13. The predicted molar refractivity (Wildman–Crippen MR) is 81.5 cm³/mol. The summed E-state index contributed by atoms with van der Waals surface area (Å²) in [5.41, 5.74) is 1.31. The Balaban J connectivity index is 2.14. The molecule has 1 atom stereocenters. The summed E-state index contributed by atoms with van der Waals surface area (Å²) in [5.74, 6) is 0.635. The van der Waals surface area contributed by atoms with Crippen molar-refractivity contribution in [1.82, 2.24) is 10.2 Å². The first-order chi connectivity index (χ1) is 9.19. The van der Waals surface area contributed by atoms with E-state index in [-0.39, 0.29) is 0 Å². The Labute approximate surface area is 119 Å². The zero-order valence-electron chi connectivity index (χ0n) is 11.8. The fraction of sp³-hybridized carbons (Fsp3) is 0.467. The molecule has 2 aromatic rings. The Morgan fingerprint density at radius 3 is 2.47 bits per heavy atom. The molecular weight excluding hydrogens is 254 g/mol. The van der Waals surface area contributed by atoms with Gasteiger partial charge in [-0.25, -0.2) is 0 Å².